The lowest BCUT2D eigenvalue weighted by Crippen LogP contribution is -2.24. The fourth-order valence-corrected chi connectivity index (χ4v) is 3.33. The second-order valence-corrected chi connectivity index (χ2v) is 6.14. The van der Waals surface area contributed by atoms with E-state index in [4.69, 9.17) is 5.11 Å². The fourth-order valence-electron chi connectivity index (χ4n) is 2.20. The highest BCUT2D eigenvalue weighted by Crippen LogP contribution is 2.39. The average molecular weight is 360 g/mol. The van der Waals surface area contributed by atoms with Crippen molar-refractivity contribution in [3.05, 3.63) is 41.0 Å². The normalized spacial score (nSPS) is 17.8. The Morgan fingerprint density at radius 1 is 1.35 bits per heavy atom. The summed E-state index contributed by atoms with van der Waals surface area (Å²) in [4.78, 5) is 10.2. The summed E-state index contributed by atoms with van der Waals surface area (Å²) in [6, 6.07) is 8.15. The van der Waals surface area contributed by atoms with Gasteiger partial charge in [0.1, 0.15) is 4.83 Å². The summed E-state index contributed by atoms with van der Waals surface area (Å²) in [5.74, 6) is -0.850. The van der Waals surface area contributed by atoms with Crippen LogP contribution in [0.5, 0.6) is 0 Å². The van der Waals surface area contributed by atoms with Gasteiger partial charge in [-0.15, -0.1) is 0 Å². The lowest BCUT2D eigenvalue weighted by molar-refractivity contribution is -0.135. The van der Waals surface area contributed by atoms with Crippen LogP contribution in [0, 0.1) is 0 Å². The van der Waals surface area contributed by atoms with Crippen LogP contribution in [0.4, 0.5) is 0 Å². The minimum atomic E-state index is -0.850. The van der Waals surface area contributed by atoms with Crippen molar-refractivity contribution in [2.75, 3.05) is 0 Å². The highest BCUT2D eigenvalue weighted by atomic mass is 79.9. The lowest BCUT2D eigenvalue weighted by Gasteiger charge is -2.17. The molecule has 1 aliphatic carbocycles. The fraction of sp³-hybridized carbons (Fsp3) is 0.308. The van der Waals surface area contributed by atoms with Gasteiger partial charge in [-0.25, -0.2) is 0 Å². The number of hydrogen-bond donors (Lipinski definition) is 1. The van der Waals surface area contributed by atoms with E-state index < -0.39 is 10.8 Å². The SMILES string of the molecule is CC1=C(C(Br)C(Br)C(=O)O)c2ccccc2C1. The van der Waals surface area contributed by atoms with Crippen LogP contribution in [0.25, 0.3) is 5.57 Å². The molecule has 1 aromatic rings. The maximum absolute atomic E-state index is 11.0. The molecule has 0 spiro atoms. The van der Waals surface area contributed by atoms with Crippen molar-refractivity contribution in [2.45, 2.75) is 23.0 Å². The number of allylic oxidation sites excluding steroid dienone is 2. The molecule has 2 nitrogen and oxygen atoms in total. The number of benzene rings is 1. The average Bonchev–Trinajstić information content (AvgIpc) is 2.62. The molecule has 0 amide bonds. The summed E-state index contributed by atoms with van der Waals surface area (Å²) in [5, 5.41) is 9.05. The monoisotopic (exact) mass is 358 g/mol. The van der Waals surface area contributed by atoms with E-state index in [2.05, 4.69) is 50.9 Å². The minimum Gasteiger partial charge on any atom is -0.480 e. The number of halogens is 2. The molecule has 4 heteroatoms. The van der Waals surface area contributed by atoms with E-state index in [-0.39, 0.29) is 4.83 Å². The van der Waals surface area contributed by atoms with Crippen LogP contribution in [0.15, 0.2) is 29.8 Å². The zero-order chi connectivity index (χ0) is 12.6. The molecule has 0 saturated heterocycles. The number of aliphatic carboxylic acids is 1. The molecule has 0 heterocycles. The van der Waals surface area contributed by atoms with Crippen LogP contribution < -0.4 is 0 Å². The Kier molecular flexibility index (Phi) is 3.73. The van der Waals surface area contributed by atoms with Gasteiger partial charge in [-0.1, -0.05) is 61.7 Å². The zero-order valence-corrected chi connectivity index (χ0v) is 12.5. The van der Waals surface area contributed by atoms with Crippen molar-refractivity contribution in [3.8, 4) is 0 Å². The first-order valence-electron chi connectivity index (χ1n) is 5.31. The van der Waals surface area contributed by atoms with Crippen molar-refractivity contribution >= 4 is 43.4 Å². The first-order valence-corrected chi connectivity index (χ1v) is 7.14. The van der Waals surface area contributed by atoms with E-state index in [1.54, 1.807) is 0 Å². The Bertz CT molecular complexity index is 494. The van der Waals surface area contributed by atoms with E-state index in [0.717, 1.165) is 17.6 Å². The number of carboxylic acids is 1. The molecule has 1 aliphatic rings. The molecular formula is C13H12Br2O2. The maximum atomic E-state index is 11.0. The minimum absolute atomic E-state index is 0.205. The van der Waals surface area contributed by atoms with Gasteiger partial charge in [-0.2, -0.15) is 0 Å². The van der Waals surface area contributed by atoms with Crippen LogP contribution in [0.3, 0.4) is 0 Å². The van der Waals surface area contributed by atoms with Gasteiger partial charge in [0.2, 0.25) is 0 Å². The number of carboxylic acid groups (broad SMARTS) is 1. The Morgan fingerprint density at radius 2 is 2.00 bits per heavy atom. The maximum Gasteiger partial charge on any atom is 0.318 e. The van der Waals surface area contributed by atoms with Gasteiger partial charge in [0.25, 0.3) is 0 Å². The topological polar surface area (TPSA) is 37.3 Å². The third-order valence-electron chi connectivity index (χ3n) is 2.99. The molecule has 0 radical (unpaired) electrons. The first-order chi connectivity index (χ1) is 8.02. The highest BCUT2D eigenvalue weighted by molar-refractivity contribution is 9.12. The van der Waals surface area contributed by atoms with Gasteiger partial charge in [0, 0.05) is 0 Å². The third kappa shape index (κ3) is 2.33. The van der Waals surface area contributed by atoms with E-state index >= 15 is 0 Å². The van der Waals surface area contributed by atoms with E-state index in [0.29, 0.717) is 0 Å². The Balaban J connectivity index is 2.39. The third-order valence-corrected chi connectivity index (χ3v) is 5.61. The molecular weight excluding hydrogens is 348 g/mol. The van der Waals surface area contributed by atoms with Gasteiger partial charge in [-0.05, 0) is 30.0 Å². The van der Waals surface area contributed by atoms with E-state index in [9.17, 15) is 4.79 Å². The van der Waals surface area contributed by atoms with Gasteiger partial charge in [0.15, 0.2) is 0 Å². The van der Waals surface area contributed by atoms with Gasteiger partial charge in [-0.3, -0.25) is 4.79 Å². The molecule has 0 saturated carbocycles. The molecule has 90 valence electrons. The smallest absolute Gasteiger partial charge is 0.318 e. The Morgan fingerprint density at radius 3 is 2.65 bits per heavy atom. The van der Waals surface area contributed by atoms with Crippen LogP contribution in [0.1, 0.15) is 18.1 Å². The molecule has 17 heavy (non-hydrogen) atoms. The summed E-state index contributed by atoms with van der Waals surface area (Å²) >= 11 is 6.71. The lowest BCUT2D eigenvalue weighted by atomic mass is 10.0. The largest absolute Gasteiger partial charge is 0.480 e. The number of carbonyl (C=O) groups is 1. The molecule has 0 aromatic heterocycles. The second kappa shape index (κ2) is 4.94. The number of fused-ring (bicyclic) bond motifs is 1. The van der Waals surface area contributed by atoms with Gasteiger partial charge in [0.05, 0.1) is 4.83 Å². The predicted molar refractivity (Wildman–Crippen MR) is 75.8 cm³/mol. The summed E-state index contributed by atoms with van der Waals surface area (Å²) in [6.07, 6.45) is 0.910. The van der Waals surface area contributed by atoms with Crippen molar-refractivity contribution in [1.29, 1.82) is 0 Å². The molecule has 1 aromatic carbocycles. The van der Waals surface area contributed by atoms with Crippen LogP contribution >= 0.6 is 31.9 Å². The van der Waals surface area contributed by atoms with Crippen molar-refractivity contribution in [1.82, 2.24) is 0 Å². The summed E-state index contributed by atoms with van der Waals surface area (Å²) in [7, 11) is 0. The molecule has 2 unspecified atom stereocenters. The summed E-state index contributed by atoms with van der Waals surface area (Å²) in [5.41, 5.74) is 4.77. The molecule has 0 bridgehead atoms. The number of rotatable bonds is 3. The van der Waals surface area contributed by atoms with Gasteiger partial charge < -0.3 is 5.11 Å². The highest BCUT2D eigenvalue weighted by Gasteiger charge is 2.31. The first kappa shape index (κ1) is 12.8. The molecule has 0 aliphatic heterocycles. The number of hydrogen-bond acceptors (Lipinski definition) is 1. The Hall–Kier alpha value is -0.610. The van der Waals surface area contributed by atoms with Gasteiger partial charge >= 0.3 is 5.97 Å². The van der Waals surface area contributed by atoms with E-state index in [1.165, 1.54) is 11.1 Å². The zero-order valence-electron chi connectivity index (χ0n) is 9.28. The quantitative estimate of drug-likeness (QED) is 0.837. The van der Waals surface area contributed by atoms with Crippen LogP contribution in [-0.2, 0) is 11.2 Å². The van der Waals surface area contributed by atoms with Crippen LogP contribution in [-0.4, -0.2) is 20.7 Å². The number of alkyl halides is 2. The standard InChI is InChI=1S/C13H12Br2O2/c1-7-6-8-4-2-3-5-9(8)10(7)11(14)12(15)13(16)17/h2-5,11-12H,6H2,1H3,(H,16,17). The van der Waals surface area contributed by atoms with Crippen molar-refractivity contribution < 1.29 is 9.90 Å². The molecule has 2 rings (SSSR count). The second-order valence-electron chi connectivity index (χ2n) is 4.17. The Labute approximate surface area is 117 Å². The predicted octanol–water partition coefficient (Wildman–Crippen LogP) is 3.63. The summed E-state index contributed by atoms with van der Waals surface area (Å²) < 4.78 is 0. The molecule has 0 fully saturated rings. The van der Waals surface area contributed by atoms with Crippen molar-refractivity contribution in [3.63, 3.8) is 0 Å². The van der Waals surface area contributed by atoms with Crippen LogP contribution in [0.2, 0.25) is 0 Å². The van der Waals surface area contributed by atoms with Crippen molar-refractivity contribution in [2.24, 2.45) is 0 Å². The van der Waals surface area contributed by atoms with E-state index in [1.807, 2.05) is 12.1 Å². The summed E-state index contributed by atoms with van der Waals surface area (Å²) in [6.45, 7) is 2.06. The molecule has 1 N–H and O–H groups in total. The molecule has 2 atom stereocenters.